The van der Waals surface area contributed by atoms with Gasteiger partial charge in [0, 0.05) is 5.41 Å². The fraction of sp³-hybridized carbons (Fsp3) is 0.714. The average Bonchev–Trinajstić information content (AvgIpc) is 2.94. The van der Waals surface area contributed by atoms with Gasteiger partial charge in [-0.1, -0.05) is 33.6 Å². The van der Waals surface area contributed by atoms with E-state index in [2.05, 4.69) is 5.10 Å². The van der Waals surface area contributed by atoms with E-state index >= 15 is 0 Å². The Morgan fingerprint density at radius 2 is 1.95 bits per heavy atom. The highest BCUT2D eigenvalue weighted by atomic mass is 16.5. The highest BCUT2D eigenvalue weighted by Gasteiger charge is 2.34. The van der Waals surface area contributed by atoms with Crippen molar-refractivity contribution in [1.82, 2.24) is 9.78 Å². The van der Waals surface area contributed by atoms with Crippen molar-refractivity contribution in [3.63, 3.8) is 0 Å². The molecular formula is C14H22N2O3. The smallest absolute Gasteiger partial charge is 0.343 e. The molecule has 0 bridgehead atoms. The number of hydrogen-bond acceptors (Lipinski definition) is 3. The third-order valence-electron chi connectivity index (χ3n) is 3.65. The van der Waals surface area contributed by atoms with Gasteiger partial charge in [-0.05, 0) is 12.8 Å². The van der Waals surface area contributed by atoms with Gasteiger partial charge in [0.2, 0.25) is 5.88 Å². The number of rotatable bonds is 3. The lowest BCUT2D eigenvalue weighted by Gasteiger charge is -2.16. The highest BCUT2D eigenvalue weighted by Crippen LogP contribution is 2.38. The number of carboxylic acids is 1. The summed E-state index contributed by atoms with van der Waals surface area (Å²) in [7, 11) is 1.52. The molecule has 2 rings (SSSR count). The third-order valence-corrected chi connectivity index (χ3v) is 3.65. The van der Waals surface area contributed by atoms with Crippen LogP contribution in [0, 0.1) is 0 Å². The van der Waals surface area contributed by atoms with E-state index in [0.717, 1.165) is 12.8 Å². The number of carboxylic acid groups (broad SMARTS) is 1. The zero-order chi connectivity index (χ0) is 14.2. The fourth-order valence-corrected chi connectivity index (χ4v) is 2.73. The predicted molar refractivity (Wildman–Crippen MR) is 71.9 cm³/mol. The summed E-state index contributed by atoms with van der Waals surface area (Å²) in [6.07, 6.45) is 4.42. The summed E-state index contributed by atoms with van der Waals surface area (Å²) in [5.74, 6) is -0.574. The lowest BCUT2D eigenvalue weighted by molar-refractivity contribution is 0.0690. The first-order valence-electron chi connectivity index (χ1n) is 6.76. The molecule has 0 saturated heterocycles. The summed E-state index contributed by atoms with van der Waals surface area (Å²) >= 11 is 0. The lowest BCUT2D eigenvalue weighted by Crippen LogP contribution is -2.17. The Labute approximate surface area is 113 Å². The summed E-state index contributed by atoms with van der Waals surface area (Å²) in [6.45, 7) is 5.92. The summed E-state index contributed by atoms with van der Waals surface area (Å²) < 4.78 is 7.13. The fourth-order valence-electron chi connectivity index (χ4n) is 2.73. The minimum absolute atomic E-state index is 0.210. The molecule has 1 aromatic rings. The number of nitrogens with zero attached hydrogens (tertiary/aromatic N) is 2. The molecule has 0 unspecified atom stereocenters. The van der Waals surface area contributed by atoms with Gasteiger partial charge in [-0.3, -0.25) is 0 Å². The van der Waals surface area contributed by atoms with Gasteiger partial charge < -0.3 is 9.84 Å². The van der Waals surface area contributed by atoms with Gasteiger partial charge in [0.25, 0.3) is 0 Å². The minimum Gasteiger partial charge on any atom is -0.481 e. The molecule has 0 aromatic carbocycles. The molecular weight excluding hydrogens is 244 g/mol. The van der Waals surface area contributed by atoms with Crippen LogP contribution in [0.25, 0.3) is 0 Å². The molecule has 19 heavy (non-hydrogen) atoms. The Morgan fingerprint density at radius 3 is 2.37 bits per heavy atom. The van der Waals surface area contributed by atoms with Gasteiger partial charge in [0.15, 0.2) is 0 Å². The number of methoxy groups -OCH3 is 1. The van der Waals surface area contributed by atoms with Gasteiger partial charge in [-0.2, -0.15) is 5.10 Å². The van der Waals surface area contributed by atoms with E-state index in [1.165, 1.54) is 20.0 Å². The summed E-state index contributed by atoms with van der Waals surface area (Å²) in [6, 6.07) is 0.268. The molecule has 1 saturated carbocycles. The molecule has 0 amide bonds. The molecule has 0 atom stereocenters. The van der Waals surface area contributed by atoms with E-state index in [4.69, 9.17) is 4.74 Å². The second-order valence-corrected chi connectivity index (χ2v) is 6.17. The Morgan fingerprint density at radius 1 is 1.37 bits per heavy atom. The molecule has 106 valence electrons. The van der Waals surface area contributed by atoms with Crippen LogP contribution in [0.5, 0.6) is 5.88 Å². The summed E-state index contributed by atoms with van der Waals surface area (Å²) in [5.41, 5.74) is 0.496. The standard InChI is InChI=1S/C14H22N2O3/c1-14(2,3)11-10(13(17)18)12(19-4)16(15-11)9-7-5-6-8-9/h9H,5-8H2,1-4H3,(H,17,18). The maximum Gasteiger partial charge on any atom is 0.343 e. The van der Waals surface area contributed by atoms with Gasteiger partial charge in [0.05, 0.1) is 18.8 Å². The maximum absolute atomic E-state index is 11.5. The van der Waals surface area contributed by atoms with Crippen LogP contribution in [0.2, 0.25) is 0 Å². The Kier molecular flexibility index (Phi) is 3.56. The zero-order valence-electron chi connectivity index (χ0n) is 12.1. The van der Waals surface area contributed by atoms with Crippen molar-refractivity contribution in [2.24, 2.45) is 0 Å². The molecule has 1 aliphatic carbocycles. The predicted octanol–water partition coefficient (Wildman–Crippen LogP) is 3.00. The van der Waals surface area contributed by atoms with E-state index < -0.39 is 5.97 Å². The Bertz CT molecular complexity index is 480. The van der Waals surface area contributed by atoms with Crippen molar-refractivity contribution in [3.05, 3.63) is 11.3 Å². The van der Waals surface area contributed by atoms with E-state index in [0.29, 0.717) is 11.6 Å². The maximum atomic E-state index is 11.5. The third kappa shape index (κ3) is 2.46. The molecule has 1 aliphatic rings. The molecule has 0 radical (unpaired) electrons. The molecule has 1 N–H and O–H groups in total. The number of carbonyl (C=O) groups is 1. The molecule has 1 heterocycles. The molecule has 0 spiro atoms. The summed E-state index contributed by atoms with van der Waals surface area (Å²) in [5, 5.41) is 14.0. The second-order valence-electron chi connectivity index (χ2n) is 6.17. The first kappa shape index (κ1) is 13.9. The number of hydrogen-bond donors (Lipinski definition) is 1. The van der Waals surface area contributed by atoms with Crippen LogP contribution in [0.4, 0.5) is 0 Å². The molecule has 1 fully saturated rings. The monoisotopic (exact) mass is 266 g/mol. The van der Waals surface area contributed by atoms with Crippen molar-refractivity contribution >= 4 is 5.97 Å². The second kappa shape index (κ2) is 4.87. The average molecular weight is 266 g/mol. The van der Waals surface area contributed by atoms with Crippen LogP contribution in [-0.2, 0) is 5.41 Å². The number of ether oxygens (including phenoxy) is 1. The number of aromatic nitrogens is 2. The van der Waals surface area contributed by atoms with Crippen LogP contribution in [0.15, 0.2) is 0 Å². The van der Waals surface area contributed by atoms with E-state index in [1.807, 2.05) is 20.8 Å². The van der Waals surface area contributed by atoms with E-state index in [-0.39, 0.29) is 17.0 Å². The van der Waals surface area contributed by atoms with Crippen molar-refractivity contribution in [3.8, 4) is 5.88 Å². The van der Waals surface area contributed by atoms with E-state index in [9.17, 15) is 9.90 Å². The van der Waals surface area contributed by atoms with Crippen LogP contribution < -0.4 is 4.74 Å². The Hall–Kier alpha value is -1.52. The SMILES string of the molecule is COc1c(C(=O)O)c(C(C)(C)C)nn1C1CCCC1. The quantitative estimate of drug-likeness (QED) is 0.913. The van der Waals surface area contributed by atoms with Crippen molar-refractivity contribution in [1.29, 1.82) is 0 Å². The Balaban J connectivity index is 2.58. The van der Waals surface area contributed by atoms with Crippen LogP contribution >= 0.6 is 0 Å². The van der Waals surface area contributed by atoms with Crippen molar-refractivity contribution in [2.75, 3.05) is 7.11 Å². The topological polar surface area (TPSA) is 64.3 Å². The van der Waals surface area contributed by atoms with Gasteiger partial charge in [-0.15, -0.1) is 0 Å². The summed E-state index contributed by atoms with van der Waals surface area (Å²) in [4.78, 5) is 11.5. The first-order valence-corrected chi connectivity index (χ1v) is 6.76. The van der Waals surface area contributed by atoms with Crippen LogP contribution in [0.3, 0.4) is 0 Å². The molecule has 1 aromatic heterocycles. The zero-order valence-corrected chi connectivity index (χ0v) is 12.1. The molecule has 5 nitrogen and oxygen atoms in total. The lowest BCUT2D eigenvalue weighted by atomic mass is 9.89. The van der Waals surface area contributed by atoms with Crippen LogP contribution in [-0.4, -0.2) is 28.0 Å². The normalized spacial score (nSPS) is 16.8. The number of aromatic carboxylic acids is 1. The van der Waals surface area contributed by atoms with Gasteiger partial charge >= 0.3 is 5.97 Å². The largest absolute Gasteiger partial charge is 0.481 e. The van der Waals surface area contributed by atoms with Crippen molar-refractivity contribution < 1.29 is 14.6 Å². The highest BCUT2D eigenvalue weighted by molar-refractivity contribution is 5.92. The van der Waals surface area contributed by atoms with Gasteiger partial charge in [0.1, 0.15) is 5.56 Å². The van der Waals surface area contributed by atoms with Crippen LogP contribution in [0.1, 0.15) is 68.5 Å². The van der Waals surface area contributed by atoms with Gasteiger partial charge in [-0.25, -0.2) is 9.48 Å². The molecule has 0 aliphatic heterocycles. The molecule has 5 heteroatoms. The first-order chi connectivity index (χ1) is 8.86. The minimum atomic E-state index is -0.967. The van der Waals surface area contributed by atoms with Crippen molar-refractivity contribution in [2.45, 2.75) is 57.9 Å². The van der Waals surface area contributed by atoms with E-state index in [1.54, 1.807) is 4.68 Å².